The maximum atomic E-state index is 13.7. The van der Waals surface area contributed by atoms with E-state index in [1.807, 2.05) is 38.1 Å². The minimum Gasteiger partial charge on any atom is -0.497 e. The predicted octanol–water partition coefficient (Wildman–Crippen LogP) is 4.09. The third-order valence-electron chi connectivity index (χ3n) is 6.83. The minimum atomic E-state index is 0.0844. The van der Waals surface area contributed by atoms with E-state index in [-0.39, 0.29) is 11.9 Å². The van der Waals surface area contributed by atoms with E-state index in [1.165, 1.54) is 11.1 Å². The molecule has 2 saturated heterocycles. The van der Waals surface area contributed by atoms with Crippen LogP contribution in [-0.4, -0.2) is 62.2 Å². The van der Waals surface area contributed by atoms with Crippen LogP contribution in [0.2, 0.25) is 0 Å². The van der Waals surface area contributed by atoms with Gasteiger partial charge in [-0.15, -0.1) is 0 Å². The maximum Gasteiger partial charge on any atom is 0.254 e. The molecule has 0 spiro atoms. The number of ether oxygens (including phenoxy) is 2. The molecule has 5 heteroatoms. The van der Waals surface area contributed by atoms with Gasteiger partial charge in [-0.25, -0.2) is 0 Å². The van der Waals surface area contributed by atoms with Crippen molar-refractivity contribution in [3.63, 3.8) is 0 Å². The molecule has 31 heavy (non-hydrogen) atoms. The van der Waals surface area contributed by atoms with Crippen molar-refractivity contribution in [1.82, 2.24) is 9.80 Å². The Hall–Kier alpha value is -2.37. The summed E-state index contributed by atoms with van der Waals surface area (Å²) in [6.07, 6.45) is 0. The standard InChI is InChI=1S/C26H34N2O3/c1-5-31-13-12-27-15-21-16-28(26(29)23-11-6-18(2)14-19(23)3)25(24(21)17-27)20-7-9-22(30-4)10-8-20/h6-11,14,21,24-25H,5,12-13,15-17H2,1-4H3/t21-,24-,25-/m0/s1. The average Bonchev–Trinajstić information content (AvgIpc) is 3.31. The van der Waals surface area contributed by atoms with Crippen molar-refractivity contribution in [1.29, 1.82) is 0 Å². The van der Waals surface area contributed by atoms with Gasteiger partial charge in [-0.2, -0.15) is 0 Å². The number of carbonyl (C=O) groups is 1. The number of fused-ring (bicyclic) bond motifs is 1. The van der Waals surface area contributed by atoms with Gasteiger partial charge in [-0.1, -0.05) is 29.8 Å². The molecule has 0 bridgehead atoms. The SMILES string of the molecule is CCOCCN1C[C@H]2CN(C(=O)c3ccc(C)cc3C)[C@@H](c3ccc(OC)cc3)[C@H]2C1. The summed E-state index contributed by atoms with van der Waals surface area (Å²) in [5.74, 6) is 1.91. The molecule has 0 aliphatic carbocycles. The summed E-state index contributed by atoms with van der Waals surface area (Å²) < 4.78 is 10.9. The van der Waals surface area contributed by atoms with Crippen LogP contribution in [0.4, 0.5) is 0 Å². The van der Waals surface area contributed by atoms with Crippen LogP contribution in [0.5, 0.6) is 5.75 Å². The normalized spacial score (nSPS) is 23.2. The fourth-order valence-electron chi connectivity index (χ4n) is 5.30. The lowest BCUT2D eigenvalue weighted by Gasteiger charge is -2.30. The smallest absolute Gasteiger partial charge is 0.254 e. The maximum absolute atomic E-state index is 13.7. The highest BCUT2D eigenvalue weighted by molar-refractivity contribution is 5.96. The fraction of sp³-hybridized carbons (Fsp3) is 0.500. The first-order chi connectivity index (χ1) is 15.0. The number of methoxy groups -OCH3 is 1. The summed E-state index contributed by atoms with van der Waals surface area (Å²) >= 11 is 0. The number of likely N-dealkylation sites (tertiary alicyclic amines) is 2. The number of hydrogen-bond donors (Lipinski definition) is 0. The largest absolute Gasteiger partial charge is 0.497 e. The van der Waals surface area contributed by atoms with Gasteiger partial charge in [0.2, 0.25) is 0 Å². The zero-order valence-corrected chi connectivity index (χ0v) is 19.1. The first-order valence-corrected chi connectivity index (χ1v) is 11.3. The minimum absolute atomic E-state index is 0.0844. The Morgan fingerprint density at radius 3 is 2.52 bits per heavy atom. The molecule has 0 N–H and O–H groups in total. The Morgan fingerprint density at radius 1 is 1.06 bits per heavy atom. The van der Waals surface area contributed by atoms with Gasteiger partial charge in [-0.05, 0) is 56.0 Å². The van der Waals surface area contributed by atoms with Crippen LogP contribution < -0.4 is 4.74 Å². The number of amides is 1. The van der Waals surface area contributed by atoms with E-state index in [4.69, 9.17) is 9.47 Å². The molecule has 2 aliphatic rings. The molecule has 2 fully saturated rings. The second-order valence-electron chi connectivity index (χ2n) is 8.87. The first kappa shape index (κ1) is 21.8. The zero-order chi connectivity index (χ0) is 22.0. The number of nitrogens with zero attached hydrogens (tertiary/aromatic N) is 2. The van der Waals surface area contributed by atoms with Gasteiger partial charge in [0, 0.05) is 44.3 Å². The molecule has 166 valence electrons. The molecular weight excluding hydrogens is 388 g/mol. The summed E-state index contributed by atoms with van der Waals surface area (Å²) in [6, 6.07) is 14.5. The summed E-state index contributed by atoms with van der Waals surface area (Å²) in [4.78, 5) is 18.3. The lowest BCUT2D eigenvalue weighted by Crippen LogP contribution is -2.36. The lowest BCUT2D eigenvalue weighted by molar-refractivity contribution is 0.0688. The molecule has 5 nitrogen and oxygen atoms in total. The van der Waals surface area contributed by atoms with Crippen molar-refractivity contribution >= 4 is 5.91 Å². The fourth-order valence-corrected chi connectivity index (χ4v) is 5.30. The molecule has 2 aromatic carbocycles. The monoisotopic (exact) mass is 422 g/mol. The molecule has 0 unspecified atom stereocenters. The quantitative estimate of drug-likeness (QED) is 0.630. The van der Waals surface area contributed by atoms with E-state index >= 15 is 0 Å². The Bertz CT molecular complexity index is 911. The van der Waals surface area contributed by atoms with Crippen molar-refractivity contribution in [2.45, 2.75) is 26.8 Å². The molecule has 2 aromatic rings. The lowest BCUT2D eigenvalue weighted by atomic mass is 9.89. The number of benzene rings is 2. The molecular formula is C26H34N2O3. The van der Waals surface area contributed by atoms with E-state index in [0.29, 0.717) is 11.8 Å². The van der Waals surface area contributed by atoms with Crippen LogP contribution in [-0.2, 0) is 4.74 Å². The van der Waals surface area contributed by atoms with Crippen LogP contribution in [0.15, 0.2) is 42.5 Å². The zero-order valence-electron chi connectivity index (χ0n) is 19.1. The number of hydrogen-bond acceptors (Lipinski definition) is 4. The van der Waals surface area contributed by atoms with E-state index < -0.39 is 0 Å². The Morgan fingerprint density at radius 2 is 1.84 bits per heavy atom. The molecule has 0 radical (unpaired) electrons. The van der Waals surface area contributed by atoms with E-state index in [2.05, 4.69) is 34.9 Å². The Labute approximate surface area is 185 Å². The van der Waals surface area contributed by atoms with Crippen molar-refractivity contribution in [3.8, 4) is 5.75 Å². The number of aryl methyl sites for hydroxylation is 2. The molecule has 0 saturated carbocycles. The van der Waals surface area contributed by atoms with Crippen molar-refractivity contribution < 1.29 is 14.3 Å². The van der Waals surface area contributed by atoms with Gasteiger partial charge in [0.05, 0.1) is 19.8 Å². The molecule has 1 amide bonds. The van der Waals surface area contributed by atoms with Crippen LogP contribution in [0.1, 0.15) is 40.0 Å². The van der Waals surface area contributed by atoms with Crippen LogP contribution in [0, 0.1) is 25.7 Å². The summed E-state index contributed by atoms with van der Waals surface area (Å²) in [5.41, 5.74) is 4.24. The van der Waals surface area contributed by atoms with E-state index in [0.717, 1.165) is 56.3 Å². The first-order valence-electron chi connectivity index (χ1n) is 11.3. The van der Waals surface area contributed by atoms with Gasteiger partial charge < -0.3 is 19.3 Å². The third kappa shape index (κ3) is 4.48. The highest BCUT2D eigenvalue weighted by atomic mass is 16.5. The van der Waals surface area contributed by atoms with Crippen LogP contribution in [0.3, 0.4) is 0 Å². The number of rotatable bonds is 7. The van der Waals surface area contributed by atoms with Crippen LogP contribution in [0.25, 0.3) is 0 Å². The van der Waals surface area contributed by atoms with Gasteiger partial charge in [-0.3, -0.25) is 4.79 Å². The number of carbonyl (C=O) groups excluding carboxylic acids is 1. The topological polar surface area (TPSA) is 42.0 Å². The highest BCUT2D eigenvalue weighted by Gasteiger charge is 2.49. The third-order valence-corrected chi connectivity index (χ3v) is 6.83. The summed E-state index contributed by atoms with van der Waals surface area (Å²) in [5, 5.41) is 0. The highest BCUT2D eigenvalue weighted by Crippen LogP contribution is 2.45. The Kier molecular flexibility index (Phi) is 6.63. The van der Waals surface area contributed by atoms with Crippen molar-refractivity contribution in [2.75, 3.05) is 46.5 Å². The van der Waals surface area contributed by atoms with Gasteiger partial charge in [0.25, 0.3) is 5.91 Å². The molecule has 2 aliphatic heterocycles. The summed E-state index contributed by atoms with van der Waals surface area (Å²) in [7, 11) is 1.68. The summed E-state index contributed by atoms with van der Waals surface area (Å²) in [6.45, 7) is 11.5. The van der Waals surface area contributed by atoms with Gasteiger partial charge in [0.15, 0.2) is 0 Å². The average molecular weight is 423 g/mol. The van der Waals surface area contributed by atoms with Gasteiger partial charge in [0.1, 0.15) is 5.75 Å². The molecule has 0 aromatic heterocycles. The molecule has 2 heterocycles. The second-order valence-corrected chi connectivity index (χ2v) is 8.87. The van der Waals surface area contributed by atoms with E-state index in [1.54, 1.807) is 7.11 Å². The van der Waals surface area contributed by atoms with Crippen molar-refractivity contribution in [2.24, 2.45) is 11.8 Å². The Balaban J connectivity index is 1.61. The molecule has 3 atom stereocenters. The second kappa shape index (κ2) is 9.41. The molecule has 4 rings (SSSR count). The van der Waals surface area contributed by atoms with Crippen LogP contribution >= 0.6 is 0 Å². The van der Waals surface area contributed by atoms with E-state index in [9.17, 15) is 4.79 Å². The van der Waals surface area contributed by atoms with Crippen molar-refractivity contribution in [3.05, 3.63) is 64.7 Å². The predicted molar refractivity (Wildman–Crippen MR) is 123 cm³/mol. The van der Waals surface area contributed by atoms with Gasteiger partial charge >= 0.3 is 0 Å².